The fraction of sp³-hybridized carbons (Fsp3) is 0.375. The van der Waals surface area contributed by atoms with E-state index in [0.29, 0.717) is 0 Å². The van der Waals surface area contributed by atoms with E-state index in [0.717, 1.165) is 5.70 Å². The number of ketones is 1. The molecule has 0 bridgehead atoms. The number of nitrogens with zero attached hydrogens (tertiary/aromatic N) is 1. The van der Waals surface area contributed by atoms with Gasteiger partial charge in [0.1, 0.15) is 0 Å². The van der Waals surface area contributed by atoms with Crippen molar-refractivity contribution in [3.8, 4) is 0 Å². The van der Waals surface area contributed by atoms with E-state index in [1.807, 2.05) is 19.0 Å². The smallest absolute Gasteiger partial charge is 0.154 e. The van der Waals surface area contributed by atoms with Gasteiger partial charge in [-0.15, -0.1) is 0 Å². The lowest BCUT2D eigenvalue weighted by molar-refractivity contribution is -0.112. The third kappa shape index (κ3) is 3.07. The van der Waals surface area contributed by atoms with Crippen molar-refractivity contribution >= 4 is 5.78 Å². The van der Waals surface area contributed by atoms with Crippen LogP contribution in [-0.4, -0.2) is 24.8 Å². The van der Waals surface area contributed by atoms with Gasteiger partial charge in [0.2, 0.25) is 0 Å². The molecule has 0 aromatic carbocycles. The average Bonchev–Trinajstić information content (AvgIpc) is 1.81. The van der Waals surface area contributed by atoms with Crippen LogP contribution in [0.1, 0.15) is 6.92 Å². The molecule has 0 spiro atoms. The third-order valence-electron chi connectivity index (χ3n) is 1.08. The number of hydrogen-bond donors (Lipinski definition) is 0. The highest BCUT2D eigenvalue weighted by atomic mass is 16.1. The first-order valence-corrected chi connectivity index (χ1v) is 3.10. The van der Waals surface area contributed by atoms with Gasteiger partial charge in [0, 0.05) is 25.9 Å². The lowest BCUT2D eigenvalue weighted by Gasteiger charge is -2.11. The van der Waals surface area contributed by atoms with Gasteiger partial charge in [-0.2, -0.15) is 0 Å². The number of rotatable bonds is 3. The average molecular weight is 139 g/mol. The molecule has 56 valence electrons. The number of carbonyl (C=O) groups excluding carboxylic acids is 1. The lowest BCUT2D eigenvalue weighted by Crippen LogP contribution is -2.09. The summed E-state index contributed by atoms with van der Waals surface area (Å²) in [7, 11) is 3.74. The molecule has 0 aromatic heterocycles. The fourth-order valence-corrected chi connectivity index (χ4v) is 0.579. The Kier molecular flexibility index (Phi) is 3.47. The van der Waals surface area contributed by atoms with E-state index < -0.39 is 0 Å². The molecule has 0 unspecified atom stereocenters. The fourth-order valence-electron chi connectivity index (χ4n) is 0.579. The first-order valence-electron chi connectivity index (χ1n) is 3.10. The molecule has 0 saturated carbocycles. The van der Waals surface area contributed by atoms with Crippen LogP contribution in [0.15, 0.2) is 24.4 Å². The molecule has 0 N–H and O–H groups in total. The predicted octanol–water partition coefficient (Wildman–Crippen LogP) is 1.21. The van der Waals surface area contributed by atoms with Crippen LogP contribution in [0.25, 0.3) is 0 Å². The van der Waals surface area contributed by atoms with Crippen molar-refractivity contribution in [3.63, 3.8) is 0 Å². The lowest BCUT2D eigenvalue weighted by atomic mass is 10.3. The molecule has 0 aromatic rings. The monoisotopic (exact) mass is 139 g/mol. The van der Waals surface area contributed by atoms with Gasteiger partial charge in [-0.25, -0.2) is 0 Å². The largest absolute Gasteiger partial charge is 0.378 e. The van der Waals surface area contributed by atoms with Gasteiger partial charge in [0.25, 0.3) is 0 Å². The van der Waals surface area contributed by atoms with Gasteiger partial charge in [0.15, 0.2) is 5.78 Å². The minimum Gasteiger partial charge on any atom is -0.378 e. The van der Waals surface area contributed by atoms with E-state index in [4.69, 9.17) is 0 Å². The summed E-state index contributed by atoms with van der Waals surface area (Å²) >= 11 is 0. The van der Waals surface area contributed by atoms with Crippen molar-refractivity contribution in [2.45, 2.75) is 6.92 Å². The molecule has 0 amide bonds. The molecule has 0 atom stereocenters. The summed E-state index contributed by atoms with van der Waals surface area (Å²) in [4.78, 5) is 12.4. The van der Waals surface area contributed by atoms with Crippen LogP contribution in [0.4, 0.5) is 0 Å². The molecule has 2 heteroatoms. The first-order chi connectivity index (χ1) is 4.57. The number of allylic oxidation sites excluding steroid dienone is 2. The Labute approximate surface area is 61.8 Å². The summed E-state index contributed by atoms with van der Waals surface area (Å²) in [5.74, 6) is 0.0450. The quantitative estimate of drug-likeness (QED) is 0.432. The molecule has 10 heavy (non-hydrogen) atoms. The molecule has 0 saturated heterocycles. The summed E-state index contributed by atoms with van der Waals surface area (Å²) in [6.07, 6.45) is 3.20. The van der Waals surface area contributed by atoms with Gasteiger partial charge >= 0.3 is 0 Å². The Hall–Kier alpha value is -1.05. The Morgan fingerprint density at radius 3 is 2.10 bits per heavy atom. The predicted molar refractivity (Wildman–Crippen MR) is 42.6 cm³/mol. The summed E-state index contributed by atoms with van der Waals surface area (Å²) in [5.41, 5.74) is 0.840. The highest BCUT2D eigenvalue weighted by Gasteiger charge is 1.93. The van der Waals surface area contributed by atoms with E-state index in [1.165, 1.54) is 6.92 Å². The van der Waals surface area contributed by atoms with E-state index in [2.05, 4.69) is 6.58 Å². The number of likely N-dealkylation sites (N-methyl/N-ethyl adjacent to an activating group) is 1. The maximum Gasteiger partial charge on any atom is 0.154 e. The molecule has 2 nitrogen and oxygen atoms in total. The zero-order chi connectivity index (χ0) is 8.15. The Morgan fingerprint density at radius 1 is 1.50 bits per heavy atom. The Morgan fingerprint density at radius 2 is 2.00 bits per heavy atom. The number of hydrogen-bond acceptors (Lipinski definition) is 2. The number of carbonyl (C=O) groups is 1. The van der Waals surface area contributed by atoms with Gasteiger partial charge in [-0.3, -0.25) is 4.79 Å². The van der Waals surface area contributed by atoms with E-state index in [9.17, 15) is 4.79 Å². The second-order valence-electron chi connectivity index (χ2n) is 2.28. The summed E-state index contributed by atoms with van der Waals surface area (Å²) in [6, 6.07) is 0. The van der Waals surface area contributed by atoms with Crippen molar-refractivity contribution in [3.05, 3.63) is 24.4 Å². The van der Waals surface area contributed by atoms with Gasteiger partial charge in [0.05, 0.1) is 0 Å². The minimum atomic E-state index is 0.0450. The van der Waals surface area contributed by atoms with Gasteiger partial charge in [-0.05, 0) is 13.0 Å². The Bertz CT molecular complexity index is 168. The molecule has 0 fully saturated rings. The highest BCUT2D eigenvalue weighted by molar-refractivity contribution is 5.88. The SMILES string of the molecule is C=C/C(=C/C(C)=O)N(C)C. The molecule has 0 heterocycles. The van der Waals surface area contributed by atoms with Crippen LogP contribution in [0.3, 0.4) is 0 Å². The van der Waals surface area contributed by atoms with Crippen LogP contribution >= 0.6 is 0 Å². The minimum absolute atomic E-state index is 0.0450. The van der Waals surface area contributed by atoms with Crippen molar-refractivity contribution in [2.24, 2.45) is 0 Å². The topological polar surface area (TPSA) is 20.3 Å². The molecule has 0 aliphatic carbocycles. The summed E-state index contributed by atoms with van der Waals surface area (Å²) < 4.78 is 0. The van der Waals surface area contributed by atoms with Crippen molar-refractivity contribution in [2.75, 3.05) is 14.1 Å². The standard InChI is InChI=1S/C8H13NO/c1-5-8(9(3)4)6-7(2)10/h5-6H,1H2,2-4H3/b8-6-. The normalized spacial score (nSPS) is 10.9. The van der Waals surface area contributed by atoms with Crippen LogP contribution in [0.2, 0.25) is 0 Å². The molecule has 0 aliphatic rings. The van der Waals surface area contributed by atoms with Crippen LogP contribution in [0, 0.1) is 0 Å². The highest BCUT2D eigenvalue weighted by Crippen LogP contribution is 1.98. The van der Waals surface area contributed by atoms with Crippen LogP contribution in [0.5, 0.6) is 0 Å². The third-order valence-corrected chi connectivity index (χ3v) is 1.08. The van der Waals surface area contributed by atoms with Crippen LogP contribution in [-0.2, 0) is 4.79 Å². The van der Waals surface area contributed by atoms with Crippen molar-refractivity contribution < 1.29 is 4.79 Å². The molecule has 0 radical (unpaired) electrons. The maximum absolute atomic E-state index is 10.6. The van der Waals surface area contributed by atoms with Gasteiger partial charge in [-0.1, -0.05) is 6.58 Å². The summed E-state index contributed by atoms with van der Waals surface area (Å²) in [6.45, 7) is 5.09. The zero-order valence-corrected chi connectivity index (χ0v) is 6.72. The Balaban J connectivity index is 4.33. The molecule has 0 rings (SSSR count). The second-order valence-corrected chi connectivity index (χ2v) is 2.28. The van der Waals surface area contributed by atoms with Gasteiger partial charge < -0.3 is 4.90 Å². The maximum atomic E-state index is 10.6. The van der Waals surface area contributed by atoms with E-state index >= 15 is 0 Å². The molecular weight excluding hydrogens is 126 g/mol. The molecular formula is C8H13NO. The summed E-state index contributed by atoms with van der Waals surface area (Å²) in [5, 5.41) is 0. The van der Waals surface area contributed by atoms with Crippen LogP contribution < -0.4 is 0 Å². The first kappa shape index (κ1) is 8.95. The van der Waals surface area contributed by atoms with E-state index in [-0.39, 0.29) is 5.78 Å². The van der Waals surface area contributed by atoms with Crippen molar-refractivity contribution in [1.29, 1.82) is 0 Å². The second kappa shape index (κ2) is 3.88. The molecule has 0 aliphatic heterocycles. The zero-order valence-electron chi connectivity index (χ0n) is 6.72. The van der Waals surface area contributed by atoms with Crippen molar-refractivity contribution in [1.82, 2.24) is 4.90 Å². The van der Waals surface area contributed by atoms with E-state index in [1.54, 1.807) is 12.2 Å².